The zero-order valence-electron chi connectivity index (χ0n) is 13.7. The molecule has 1 aliphatic heterocycles. The van der Waals surface area contributed by atoms with Crippen molar-refractivity contribution in [2.75, 3.05) is 26.7 Å². The summed E-state index contributed by atoms with van der Waals surface area (Å²) in [6.45, 7) is 5.55. The summed E-state index contributed by atoms with van der Waals surface area (Å²) in [5, 5.41) is 3.16. The molecule has 0 saturated carbocycles. The minimum absolute atomic E-state index is 0. The van der Waals surface area contributed by atoms with E-state index in [2.05, 4.69) is 22.1 Å². The Morgan fingerprint density at radius 1 is 1.52 bits per heavy atom. The summed E-state index contributed by atoms with van der Waals surface area (Å²) in [7, 11) is 1.45. The molecule has 1 aromatic rings. The maximum absolute atomic E-state index is 13.6. The van der Waals surface area contributed by atoms with Gasteiger partial charge in [-0.05, 0) is 43.6 Å². The van der Waals surface area contributed by atoms with Crippen molar-refractivity contribution in [2.45, 2.75) is 32.4 Å². The first-order chi connectivity index (χ1) is 10.6. The van der Waals surface area contributed by atoms with Crippen LogP contribution in [0, 0.1) is 5.82 Å². The van der Waals surface area contributed by atoms with Crippen molar-refractivity contribution in [1.29, 1.82) is 0 Å². The lowest BCUT2D eigenvalue weighted by Gasteiger charge is -2.23. The number of rotatable bonds is 6. The van der Waals surface area contributed by atoms with E-state index in [-0.39, 0.29) is 35.5 Å². The maximum Gasteiger partial charge on any atom is 0.188 e. The Kier molecular flexibility index (Phi) is 8.60. The molecule has 7 heteroatoms. The van der Waals surface area contributed by atoms with Crippen molar-refractivity contribution >= 4 is 29.9 Å². The molecule has 130 valence electrons. The topological polar surface area (TPSA) is 62.9 Å². The Bertz CT molecular complexity index is 527. The first-order valence-corrected chi connectivity index (χ1v) is 7.74. The smallest absolute Gasteiger partial charge is 0.188 e. The lowest BCUT2D eigenvalue weighted by Crippen LogP contribution is -2.42. The van der Waals surface area contributed by atoms with Crippen LogP contribution in [0.3, 0.4) is 0 Å². The Hall–Kier alpha value is -1.09. The molecule has 0 bridgehead atoms. The fourth-order valence-corrected chi connectivity index (χ4v) is 2.81. The predicted octanol–water partition coefficient (Wildman–Crippen LogP) is 2.34. The quantitative estimate of drug-likeness (QED) is 0.409. The SMILES string of the molecule is CCN1CCCC1CNC(N)=NCc1ccc(OC)c(F)c1.I. The largest absolute Gasteiger partial charge is 0.494 e. The van der Waals surface area contributed by atoms with Gasteiger partial charge in [0.25, 0.3) is 0 Å². The standard InChI is InChI=1S/C16H25FN4O.HI/c1-3-21-8-4-5-13(21)11-20-16(18)19-10-12-6-7-15(22-2)14(17)9-12;/h6-7,9,13H,3-5,8,10-11H2,1-2H3,(H3,18,19,20);1H. The van der Waals surface area contributed by atoms with Crippen LogP contribution in [0.4, 0.5) is 4.39 Å². The van der Waals surface area contributed by atoms with Gasteiger partial charge < -0.3 is 15.8 Å². The van der Waals surface area contributed by atoms with Crippen LogP contribution in [-0.2, 0) is 6.54 Å². The number of benzene rings is 1. The minimum atomic E-state index is -0.383. The van der Waals surface area contributed by atoms with E-state index < -0.39 is 0 Å². The molecule has 5 nitrogen and oxygen atoms in total. The number of likely N-dealkylation sites (tertiary alicyclic amines) is 1. The molecule has 0 aromatic heterocycles. The van der Waals surface area contributed by atoms with Gasteiger partial charge in [0, 0.05) is 12.6 Å². The van der Waals surface area contributed by atoms with E-state index in [1.54, 1.807) is 12.1 Å². The average molecular weight is 436 g/mol. The highest BCUT2D eigenvalue weighted by molar-refractivity contribution is 14.0. The first kappa shape index (κ1) is 20.0. The molecule has 0 radical (unpaired) electrons. The number of ether oxygens (including phenoxy) is 1. The Labute approximate surface area is 154 Å². The van der Waals surface area contributed by atoms with Gasteiger partial charge in [-0.15, -0.1) is 24.0 Å². The molecule has 1 heterocycles. The van der Waals surface area contributed by atoms with E-state index in [0.717, 1.165) is 25.2 Å². The molecule has 1 saturated heterocycles. The molecular weight excluding hydrogens is 410 g/mol. The Morgan fingerprint density at radius 2 is 2.30 bits per heavy atom. The van der Waals surface area contributed by atoms with Crippen molar-refractivity contribution in [3.63, 3.8) is 0 Å². The number of hydrogen-bond acceptors (Lipinski definition) is 3. The van der Waals surface area contributed by atoms with Gasteiger partial charge in [0.2, 0.25) is 0 Å². The predicted molar refractivity (Wildman–Crippen MR) is 102 cm³/mol. The van der Waals surface area contributed by atoms with Crippen LogP contribution < -0.4 is 15.8 Å². The lowest BCUT2D eigenvalue weighted by molar-refractivity contribution is 0.267. The summed E-state index contributed by atoms with van der Waals surface area (Å²) in [5.41, 5.74) is 6.65. The van der Waals surface area contributed by atoms with Crippen LogP contribution in [-0.4, -0.2) is 43.6 Å². The number of hydrogen-bond donors (Lipinski definition) is 2. The summed E-state index contributed by atoms with van der Waals surface area (Å²) in [4.78, 5) is 6.70. The van der Waals surface area contributed by atoms with E-state index in [1.165, 1.54) is 26.0 Å². The van der Waals surface area contributed by atoms with Gasteiger partial charge in [0.1, 0.15) is 0 Å². The van der Waals surface area contributed by atoms with Crippen LogP contribution in [0.5, 0.6) is 5.75 Å². The number of methoxy groups -OCH3 is 1. The molecule has 0 spiro atoms. The molecule has 23 heavy (non-hydrogen) atoms. The molecule has 2 rings (SSSR count). The van der Waals surface area contributed by atoms with Gasteiger partial charge in [-0.1, -0.05) is 13.0 Å². The highest BCUT2D eigenvalue weighted by atomic mass is 127. The van der Waals surface area contributed by atoms with E-state index in [9.17, 15) is 4.39 Å². The summed E-state index contributed by atoms with van der Waals surface area (Å²) >= 11 is 0. The highest BCUT2D eigenvalue weighted by Gasteiger charge is 2.22. The van der Waals surface area contributed by atoms with Crippen molar-refractivity contribution in [1.82, 2.24) is 10.2 Å². The van der Waals surface area contributed by atoms with Crippen LogP contribution in [0.25, 0.3) is 0 Å². The number of nitrogens with one attached hydrogen (secondary N) is 1. The summed E-state index contributed by atoms with van der Waals surface area (Å²) in [6, 6.07) is 5.33. The average Bonchev–Trinajstić information content (AvgIpc) is 2.98. The molecular formula is C16H26FIN4O. The van der Waals surface area contributed by atoms with Crippen molar-refractivity contribution in [3.8, 4) is 5.75 Å². The molecule has 0 aliphatic carbocycles. The normalized spacial score (nSPS) is 18.6. The highest BCUT2D eigenvalue weighted by Crippen LogP contribution is 2.18. The summed E-state index contributed by atoms with van der Waals surface area (Å²) in [5.74, 6) is 0.255. The number of guanidine groups is 1. The molecule has 0 amide bonds. The number of nitrogens with two attached hydrogens (primary N) is 1. The fraction of sp³-hybridized carbons (Fsp3) is 0.562. The van der Waals surface area contributed by atoms with Gasteiger partial charge in [-0.2, -0.15) is 0 Å². The molecule has 3 N–H and O–H groups in total. The third kappa shape index (κ3) is 5.80. The van der Waals surface area contributed by atoms with E-state index in [0.29, 0.717) is 18.5 Å². The molecule has 1 aromatic carbocycles. The van der Waals surface area contributed by atoms with Gasteiger partial charge in [0.15, 0.2) is 17.5 Å². The third-order valence-corrected chi connectivity index (χ3v) is 4.07. The third-order valence-electron chi connectivity index (χ3n) is 4.07. The molecule has 1 aliphatic rings. The second kappa shape index (κ2) is 9.92. The monoisotopic (exact) mass is 436 g/mol. The van der Waals surface area contributed by atoms with E-state index >= 15 is 0 Å². The molecule has 1 unspecified atom stereocenters. The second-order valence-corrected chi connectivity index (χ2v) is 5.48. The van der Waals surface area contributed by atoms with Crippen molar-refractivity contribution in [3.05, 3.63) is 29.6 Å². The molecule has 1 atom stereocenters. The van der Waals surface area contributed by atoms with E-state index in [4.69, 9.17) is 10.5 Å². The zero-order valence-corrected chi connectivity index (χ0v) is 16.0. The second-order valence-electron chi connectivity index (χ2n) is 5.48. The first-order valence-electron chi connectivity index (χ1n) is 7.74. The molecule has 1 fully saturated rings. The maximum atomic E-state index is 13.6. The number of halogens is 2. The fourth-order valence-electron chi connectivity index (χ4n) is 2.81. The van der Waals surface area contributed by atoms with Crippen molar-refractivity contribution in [2.24, 2.45) is 10.7 Å². The number of aliphatic imine (C=N–C) groups is 1. The lowest BCUT2D eigenvalue weighted by atomic mass is 10.2. The van der Waals surface area contributed by atoms with Crippen LogP contribution in [0.1, 0.15) is 25.3 Å². The van der Waals surface area contributed by atoms with Crippen LogP contribution in [0.2, 0.25) is 0 Å². The summed E-state index contributed by atoms with van der Waals surface area (Å²) < 4.78 is 18.5. The van der Waals surface area contributed by atoms with Crippen molar-refractivity contribution < 1.29 is 9.13 Å². The Morgan fingerprint density at radius 3 is 2.96 bits per heavy atom. The summed E-state index contributed by atoms with van der Waals surface area (Å²) in [6.07, 6.45) is 2.43. The van der Waals surface area contributed by atoms with Gasteiger partial charge in [-0.25, -0.2) is 9.38 Å². The van der Waals surface area contributed by atoms with E-state index in [1.807, 2.05) is 0 Å². The number of likely N-dealkylation sites (N-methyl/N-ethyl adjacent to an activating group) is 1. The Balaban J connectivity index is 0.00000264. The van der Waals surface area contributed by atoms with Gasteiger partial charge in [-0.3, -0.25) is 4.90 Å². The van der Waals surface area contributed by atoms with Crippen LogP contribution >= 0.6 is 24.0 Å². The minimum Gasteiger partial charge on any atom is -0.494 e. The van der Waals surface area contributed by atoms with Gasteiger partial charge >= 0.3 is 0 Å². The van der Waals surface area contributed by atoms with Crippen LogP contribution in [0.15, 0.2) is 23.2 Å². The van der Waals surface area contributed by atoms with Gasteiger partial charge in [0.05, 0.1) is 13.7 Å². The zero-order chi connectivity index (χ0) is 15.9. The number of nitrogens with zero attached hydrogens (tertiary/aromatic N) is 2.